The first-order valence-corrected chi connectivity index (χ1v) is 3.12. The number of carbonyl (C=O) groups is 1. The molecule has 0 rings (SSSR count). The minimum atomic E-state index is -0.711. The number of aliphatic hydroxyl groups is 2. The van der Waals surface area contributed by atoms with E-state index >= 15 is 0 Å². The molecule has 4 nitrogen and oxygen atoms in total. The summed E-state index contributed by atoms with van der Waals surface area (Å²) in [5.41, 5.74) is 0. The lowest BCUT2D eigenvalue weighted by molar-refractivity contribution is -0.137. The van der Waals surface area contributed by atoms with Gasteiger partial charge in [0.2, 0.25) is 0 Å². The molecule has 0 amide bonds. The summed E-state index contributed by atoms with van der Waals surface area (Å²) >= 11 is 0. The lowest BCUT2D eigenvalue weighted by Gasteiger charge is -1.79. The van der Waals surface area contributed by atoms with Gasteiger partial charge in [-0.05, 0) is 6.42 Å². The van der Waals surface area contributed by atoms with Crippen molar-refractivity contribution in [2.45, 2.75) is 19.8 Å². The molecule has 0 saturated carbocycles. The fourth-order valence-electron chi connectivity index (χ4n) is 0.214. The highest BCUT2D eigenvalue weighted by Gasteiger charge is 1.87. The van der Waals surface area contributed by atoms with Crippen molar-refractivity contribution in [3.63, 3.8) is 0 Å². The molecule has 0 aromatic heterocycles. The van der Waals surface area contributed by atoms with Crippen molar-refractivity contribution in [2.24, 2.45) is 0 Å². The quantitative estimate of drug-likeness (QED) is 0.522. The van der Waals surface area contributed by atoms with Crippen LogP contribution < -0.4 is 0 Å². The minimum Gasteiger partial charge on any atom is -0.481 e. The summed E-state index contributed by atoms with van der Waals surface area (Å²) < 4.78 is 0. The summed E-state index contributed by atoms with van der Waals surface area (Å²) in [6, 6.07) is 0. The molecule has 0 saturated heterocycles. The minimum absolute atomic E-state index is 0.125. The Labute approximate surface area is 60.1 Å². The molecule has 0 aliphatic rings. The Bertz CT molecular complexity index is 70.1. The molecule has 0 bridgehead atoms. The molecule has 0 aromatic carbocycles. The van der Waals surface area contributed by atoms with E-state index in [4.69, 9.17) is 15.3 Å². The summed E-state index contributed by atoms with van der Waals surface area (Å²) in [5, 5.41) is 23.2. The van der Waals surface area contributed by atoms with Crippen LogP contribution in [0, 0.1) is 0 Å². The molecule has 0 unspecified atom stereocenters. The van der Waals surface area contributed by atoms with Crippen LogP contribution in [-0.4, -0.2) is 34.5 Å². The van der Waals surface area contributed by atoms with E-state index in [2.05, 4.69) is 0 Å². The number of aliphatic hydroxyl groups excluding tert-OH is 2. The lowest BCUT2D eigenvalue weighted by atomic mass is 10.4. The van der Waals surface area contributed by atoms with Gasteiger partial charge < -0.3 is 15.3 Å². The second kappa shape index (κ2) is 11.2. The van der Waals surface area contributed by atoms with Crippen LogP contribution in [0.4, 0.5) is 0 Å². The van der Waals surface area contributed by atoms with Crippen molar-refractivity contribution in [2.75, 3.05) is 13.2 Å². The predicted molar refractivity (Wildman–Crippen MR) is 36.7 cm³/mol. The Balaban J connectivity index is 0. The fourth-order valence-corrected chi connectivity index (χ4v) is 0.214. The number of rotatable bonds is 3. The van der Waals surface area contributed by atoms with Crippen LogP contribution in [0.5, 0.6) is 0 Å². The molecular weight excluding hydrogens is 136 g/mol. The lowest BCUT2D eigenvalue weighted by Crippen LogP contribution is -1.90. The monoisotopic (exact) mass is 150 g/mol. The molecule has 3 N–H and O–H groups in total. The number of hydrogen-bond acceptors (Lipinski definition) is 3. The zero-order valence-corrected chi connectivity index (χ0v) is 6.08. The van der Waals surface area contributed by atoms with Crippen molar-refractivity contribution in [1.29, 1.82) is 0 Å². The number of carboxylic acids is 1. The fraction of sp³-hybridized carbons (Fsp3) is 0.833. The highest BCUT2D eigenvalue weighted by molar-refractivity contribution is 5.66. The summed E-state index contributed by atoms with van der Waals surface area (Å²) in [7, 11) is 0. The number of hydrogen-bond donors (Lipinski definition) is 3. The van der Waals surface area contributed by atoms with Crippen LogP contribution in [0.1, 0.15) is 19.8 Å². The third kappa shape index (κ3) is 26.3. The largest absolute Gasteiger partial charge is 0.481 e. The normalized spacial score (nSPS) is 7.90. The van der Waals surface area contributed by atoms with Gasteiger partial charge in [0.05, 0.1) is 13.2 Å². The molecule has 10 heavy (non-hydrogen) atoms. The highest BCUT2D eigenvalue weighted by Crippen LogP contribution is 1.82. The van der Waals surface area contributed by atoms with Crippen LogP contribution in [-0.2, 0) is 4.79 Å². The second-order valence-corrected chi connectivity index (χ2v) is 1.59. The van der Waals surface area contributed by atoms with Crippen molar-refractivity contribution in [3.05, 3.63) is 0 Å². The maximum absolute atomic E-state index is 9.60. The molecule has 62 valence electrons. The first-order valence-electron chi connectivity index (χ1n) is 3.12. The van der Waals surface area contributed by atoms with Crippen LogP contribution in [0.25, 0.3) is 0 Å². The maximum Gasteiger partial charge on any atom is 0.303 e. The van der Waals surface area contributed by atoms with E-state index in [0.29, 0.717) is 6.42 Å². The summed E-state index contributed by atoms with van der Waals surface area (Å²) in [4.78, 5) is 9.60. The second-order valence-electron chi connectivity index (χ2n) is 1.59. The zero-order chi connectivity index (χ0) is 8.41. The third-order valence-corrected chi connectivity index (χ3v) is 0.564. The Morgan fingerprint density at radius 3 is 1.70 bits per heavy atom. The summed E-state index contributed by atoms with van der Waals surface area (Å²) in [5.74, 6) is -0.711. The Hall–Kier alpha value is -0.610. The molecule has 0 atom stereocenters. The van der Waals surface area contributed by atoms with E-state index in [1.165, 1.54) is 0 Å². The van der Waals surface area contributed by atoms with Gasteiger partial charge in [0.1, 0.15) is 0 Å². The van der Waals surface area contributed by atoms with E-state index in [9.17, 15) is 4.79 Å². The molecule has 0 aliphatic heterocycles. The van der Waals surface area contributed by atoms with Gasteiger partial charge in [0.15, 0.2) is 0 Å². The van der Waals surface area contributed by atoms with Crippen molar-refractivity contribution >= 4 is 5.97 Å². The van der Waals surface area contributed by atoms with E-state index in [-0.39, 0.29) is 13.2 Å². The van der Waals surface area contributed by atoms with Crippen LogP contribution in [0.15, 0.2) is 0 Å². The topological polar surface area (TPSA) is 77.8 Å². The molecule has 0 fully saturated rings. The number of aliphatic carboxylic acids is 1. The summed E-state index contributed by atoms with van der Waals surface area (Å²) in [6.45, 7) is 1.59. The third-order valence-electron chi connectivity index (χ3n) is 0.564. The average Bonchev–Trinajstić information content (AvgIpc) is 1.89. The van der Waals surface area contributed by atoms with Gasteiger partial charge in [0.25, 0.3) is 0 Å². The smallest absolute Gasteiger partial charge is 0.303 e. The van der Waals surface area contributed by atoms with Gasteiger partial charge in [-0.3, -0.25) is 4.79 Å². The van der Waals surface area contributed by atoms with Gasteiger partial charge >= 0.3 is 5.97 Å². The Kier molecular flexibility index (Phi) is 13.6. The van der Waals surface area contributed by atoms with E-state index in [1.54, 1.807) is 0 Å². The van der Waals surface area contributed by atoms with Gasteiger partial charge in [-0.25, -0.2) is 0 Å². The van der Waals surface area contributed by atoms with Crippen LogP contribution >= 0.6 is 0 Å². The van der Waals surface area contributed by atoms with Crippen molar-refractivity contribution in [1.82, 2.24) is 0 Å². The number of carboxylic acid groups (broad SMARTS) is 1. The van der Waals surface area contributed by atoms with E-state index in [1.807, 2.05) is 6.92 Å². The van der Waals surface area contributed by atoms with Gasteiger partial charge in [-0.1, -0.05) is 6.92 Å². The molecule has 0 aliphatic carbocycles. The first kappa shape index (κ1) is 12.1. The summed E-state index contributed by atoms with van der Waals surface area (Å²) in [6.07, 6.45) is 1.02. The average molecular weight is 150 g/mol. The van der Waals surface area contributed by atoms with Crippen molar-refractivity contribution in [3.8, 4) is 0 Å². The maximum atomic E-state index is 9.60. The van der Waals surface area contributed by atoms with E-state index < -0.39 is 5.97 Å². The first-order chi connectivity index (χ1) is 4.68. The standard InChI is InChI=1S/C4H8O2.C2H6O2/c1-2-3-4(5)6;3-1-2-4/h2-3H2,1H3,(H,5,6);3-4H,1-2H2. The molecule has 0 radical (unpaired) electrons. The van der Waals surface area contributed by atoms with Gasteiger partial charge in [-0.2, -0.15) is 0 Å². The molecule has 4 heteroatoms. The Morgan fingerprint density at radius 1 is 1.30 bits per heavy atom. The predicted octanol–water partition coefficient (Wildman–Crippen LogP) is -0.158. The SMILES string of the molecule is CCCC(=O)O.OCCO. The molecule has 0 aromatic rings. The van der Waals surface area contributed by atoms with Gasteiger partial charge in [-0.15, -0.1) is 0 Å². The van der Waals surface area contributed by atoms with Crippen LogP contribution in [0.2, 0.25) is 0 Å². The van der Waals surface area contributed by atoms with Crippen LogP contribution in [0.3, 0.4) is 0 Å². The molecule has 0 heterocycles. The van der Waals surface area contributed by atoms with E-state index in [0.717, 1.165) is 6.42 Å². The molecular formula is C6H14O4. The Morgan fingerprint density at radius 2 is 1.70 bits per heavy atom. The molecule has 0 spiro atoms. The highest BCUT2D eigenvalue weighted by atomic mass is 16.4. The van der Waals surface area contributed by atoms with Gasteiger partial charge in [0, 0.05) is 6.42 Å². The van der Waals surface area contributed by atoms with Crippen molar-refractivity contribution < 1.29 is 20.1 Å². The zero-order valence-electron chi connectivity index (χ0n) is 6.08.